The van der Waals surface area contributed by atoms with Gasteiger partial charge in [0.1, 0.15) is 0 Å². The van der Waals surface area contributed by atoms with Gasteiger partial charge in [0.2, 0.25) is 0 Å². The van der Waals surface area contributed by atoms with Crippen LogP contribution in [-0.4, -0.2) is 64.1 Å². The third kappa shape index (κ3) is 5.05. The first kappa shape index (κ1) is 16.4. The maximum atomic E-state index is 11.7. The van der Waals surface area contributed by atoms with E-state index in [1.165, 1.54) is 19.7 Å². The molecule has 1 aromatic rings. The standard InChI is InChI=1S/C14H23N3O3S/c1-16(2)21(18,19)15-10-14-12-17(8-9-20-14)11-13-6-4-3-5-7-13/h3-7,14-15H,8-12H2,1-2H3/t14-/m0/s1. The molecule has 1 saturated heterocycles. The van der Waals surface area contributed by atoms with E-state index in [2.05, 4.69) is 21.8 Å². The minimum Gasteiger partial charge on any atom is -0.374 e. The smallest absolute Gasteiger partial charge is 0.279 e. The topological polar surface area (TPSA) is 61.9 Å². The summed E-state index contributed by atoms with van der Waals surface area (Å²) in [6, 6.07) is 10.2. The molecule has 0 saturated carbocycles. The second kappa shape index (κ2) is 7.33. The summed E-state index contributed by atoms with van der Waals surface area (Å²) in [4.78, 5) is 2.29. The summed E-state index contributed by atoms with van der Waals surface area (Å²) in [5.74, 6) is 0. The first-order valence-electron chi connectivity index (χ1n) is 7.02. The molecule has 1 heterocycles. The normalized spacial score (nSPS) is 20.8. The molecular formula is C14H23N3O3S. The third-order valence-corrected chi connectivity index (χ3v) is 4.94. The van der Waals surface area contributed by atoms with Crippen molar-refractivity contribution in [2.75, 3.05) is 40.3 Å². The Labute approximate surface area is 126 Å². The zero-order valence-electron chi connectivity index (χ0n) is 12.5. The van der Waals surface area contributed by atoms with Gasteiger partial charge in [0, 0.05) is 40.3 Å². The van der Waals surface area contributed by atoms with E-state index < -0.39 is 10.2 Å². The van der Waals surface area contributed by atoms with Crippen molar-refractivity contribution in [2.24, 2.45) is 0 Å². The Bertz CT molecular complexity index is 534. The zero-order chi connectivity index (χ0) is 15.3. The van der Waals surface area contributed by atoms with Gasteiger partial charge in [-0.3, -0.25) is 4.90 Å². The van der Waals surface area contributed by atoms with Gasteiger partial charge >= 0.3 is 0 Å². The number of nitrogens with one attached hydrogen (secondary N) is 1. The van der Waals surface area contributed by atoms with Crippen molar-refractivity contribution in [3.05, 3.63) is 35.9 Å². The van der Waals surface area contributed by atoms with Gasteiger partial charge in [0.05, 0.1) is 12.7 Å². The Hall–Kier alpha value is -0.990. The Morgan fingerprint density at radius 3 is 2.71 bits per heavy atom. The second-order valence-corrected chi connectivity index (χ2v) is 7.32. The van der Waals surface area contributed by atoms with Crippen LogP contribution in [0.15, 0.2) is 30.3 Å². The average molecular weight is 313 g/mol. The fourth-order valence-electron chi connectivity index (χ4n) is 2.22. The maximum Gasteiger partial charge on any atom is 0.279 e. The molecule has 2 rings (SSSR count). The van der Waals surface area contributed by atoms with E-state index in [1.54, 1.807) is 0 Å². The monoisotopic (exact) mass is 313 g/mol. The highest BCUT2D eigenvalue weighted by atomic mass is 32.2. The summed E-state index contributed by atoms with van der Waals surface area (Å²) < 4.78 is 32.7. The molecule has 6 nitrogen and oxygen atoms in total. The fourth-order valence-corrected chi connectivity index (χ4v) is 2.87. The molecule has 0 unspecified atom stereocenters. The van der Waals surface area contributed by atoms with E-state index >= 15 is 0 Å². The van der Waals surface area contributed by atoms with E-state index in [0.717, 1.165) is 23.9 Å². The van der Waals surface area contributed by atoms with Crippen LogP contribution >= 0.6 is 0 Å². The predicted octanol–water partition coefficient (Wildman–Crippen LogP) is 0.283. The first-order valence-corrected chi connectivity index (χ1v) is 8.46. The van der Waals surface area contributed by atoms with Crippen LogP contribution in [-0.2, 0) is 21.5 Å². The molecule has 118 valence electrons. The number of nitrogens with zero attached hydrogens (tertiary/aromatic N) is 2. The van der Waals surface area contributed by atoms with Crippen LogP contribution in [0.3, 0.4) is 0 Å². The highest BCUT2D eigenvalue weighted by Crippen LogP contribution is 2.10. The molecular weight excluding hydrogens is 290 g/mol. The van der Waals surface area contributed by atoms with Crippen molar-refractivity contribution >= 4 is 10.2 Å². The van der Waals surface area contributed by atoms with E-state index in [0.29, 0.717) is 13.2 Å². The van der Waals surface area contributed by atoms with Crippen LogP contribution in [0.4, 0.5) is 0 Å². The van der Waals surface area contributed by atoms with Gasteiger partial charge in [-0.2, -0.15) is 17.4 Å². The van der Waals surface area contributed by atoms with Crippen molar-refractivity contribution in [2.45, 2.75) is 12.6 Å². The predicted molar refractivity (Wildman–Crippen MR) is 82.1 cm³/mol. The lowest BCUT2D eigenvalue weighted by molar-refractivity contribution is -0.0277. The second-order valence-electron chi connectivity index (χ2n) is 5.35. The van der Waals surface area contributed by atoms with Gasteiger partial charge in [-0.25, -0.2) is 0 Å². The van der Waals surface area contributed by atoms with Crippen molar-refractivity contribution in [1.29, 1.82) is 0 Å². The van der Waals surface area contributed by atoms with Gasteiger partial charge < -0.3 is 4.74 Å². The molecule has 1 atom stereocenters. The lowest BCUT2D eigenvalue weighted by Gasteiger charge is -2.33. The quantitative estimate of drug-likeness (QED) is 0.820. The Morgan fingerprint density at radius 2 is 2.05 bits per heavy atom. The summed E-state index contributed by atoms with van der Waals surface area (Å²) in [6.07, 6.45) is -0.114. The molecule has 0 aliphatic carbocycles. The summed E-state index contributed by atoms with van der Waals surface area (Å²) in [5.41, 5.74) is 1.26. The van der Waals surface area contributed by atoms with E-state index in [9.17, 15) is 8.42 Å². The summed E-state index contributed by atoms with van der Waals surface area (Å²) >= 11 is 0. The van der Waals surface area contributed by atoms with Crippen LogP contribution in [0.5, 0.6) is 0 Å². The summed E-state index contributed by atoms with van der Waals surface area (Å²) in [7, 11) is -0.378. The number of hydrogen-bond donors (Lipinski definition) is 1. The molecule has 0 bridgehead atoms. The number of hydrogen-bond acceptors (Lipinski definition) is 4. The fraction of sp³-hybridized carbons (Fsp3) is 0.571. The Kier molecular flexibility index (Phi) is 5.72. The first-order chi connectivity index (χ1) is 9.97. The highest BCUT2D eigenvalue weighted by molar-refractivity contribution is 7.87. The van der Waals surface area contributed by atoms with Crippen molar-refractivity contribution in [1.82, 2.24) is 13.9 Å². The lowest BCUT2D eigenvalue weighted by atomic mass is 10.2. The van der Waals surface area contributed by atoms with Crippen LogP contribution in [0, 0.1) is 0 Å². The molecule has 0 spiro atoms. The Balaban J connectivity index is 1.84. The van der Waals surface area contributed by atoms with Gasteiger partial charge in [0.25, 0.3) is 10.2 Å². The van der Waals surface area contributed by atoms with E-state index in [1.807, 2.05) is 18.2 Å². The van der Waals surface area contributed by atoms with Crippen molar-refractivity contribution in [3.8, 4) is 0 Å². The summed E-state index contributed by atoms with van der Waals surface area (Å²) in [5, 5.41) is 0. The van der Waals surface area contributed by atoms with Crippen LogP contribution in [0.1, 0.15) is 5.56 Å². The largest absolute Gasteiger partial charge is 0.374 e. The maximum absolute atomic E-state index is 11.7. The Morgan fingerprint density at radius 1 is 1.33 bits per heavy atom. The van der Waals surface area contributed by atoms with Crippen molar-refractivity contribution in [3.63, 3.8) is 0 Å². The molecule has 7 heteroatoms. The minimum absolute atomic E-state index is 0.114. The molecule has 0 aromatic heterocycles. The number of rotatable bonds is 6. The van der Waals surface area contributed by atoms with Gasteiger partial charge in [-0.05, 0) is 5.56 Å². The molecule has 1 aromatic carbocycles. The van der Waals surface area contributed by atoms with Gasteiger partial charge in [-0.15, -0.1) is 0 Å². The highest BCUT2D eigenvalue weighted by Gasteiger charge is 2.23. The minimum atomic E-state index is -3.39. The molecule has 0 radical (unpaired) electrons. The summed E-state index contributed by atoms with van der Waals surface area (Å²) in [6.45, 7) is 3.38. The average Bonchev–Trinajstić information content (AvgIpc) is 2.47. The number of ether oxygens (including phenoxy) is 1. The van der Waals surface area contributed by atoms with Gasteiger partial charge in [-0.1, -0.05) is 30.3 Å². The zero-order valence-corrected chi connectivity index (χ0v) is 13.3. The molecule has 21 heavy (non-hydrogen) atoms. The van der Waals surface area contributed by atoms with E-state index in [-0.39, 0.29) is 6.10 Å². The van der Waals surface area contributed by atoms with Crippen LogP contribution in [0.2, 0.25) is 0 Å². The van der Waals surface area contributed by atoms with Gasteiger partial charge in [0.15, 0.2) is 0 Å². The molecule has 1 aliphatic heterocycles. The van der Waals surface area contributed by atoms with Crippen LogP contribution in [0.25, 0.3) is 0 Å². The van der Waals surface area contributed by atoms with Crippen molar-refractivity contribution < 1.29 is 13.2 Å². The number of benzene rings is 1. The molecule has 0 amide bonds. The lowest BCUT2D eigenvalue weighted by Crippen LogP contribution is -2.48. The SMILES string of the molecule is CN(C)S(=O)(=O)NC[C@H]1CN(Cc2ccccc2)CCO1. The van der Waals surface area contributed by atoms with E-state index in [4.69, 9.17) is 4.74 Å². The molecule has 1 fully saturated rings. The third-order valence-electron chi connectivity index (χ3n) is 3.45. The molecule has 1 aliphatic rings. The number of morpholine rings is 1. The van der Waals surface area contributed by atoms with Crippen LogP contribution < -0.4 is 4.72 Å². The molecule has 1 N–H and O–H groups in total.